The van der Waals surface area contributed by atoms with Crippen LogP contribution in [0, 0.1) is 5.92 Å². The number of aliphatic hydroxyl groups excluding tert-OH is 1. The van der Waals surface area contributed by atoms with Crippen LogP contribution in [0.4, 0.5) is 0 Å². The van der Waals surface area contributed by atoms with Gasteiger partial charge in [0.05, 0.1) is 12.6 Å². The maximum Gasteiger partial charge on any atom is 0.226 e. The van der Waals surface area contributed by atoms with Crippen molar-refractivity contribution in [3.05, 3.63) is 11.7 Å². The molecule has 0 amide bonds. The van der Waals surface area contributed by atoms with Gasteiger partial charge in [-0.05, 0) is 38.6 Å². The van der Waals surface area contributed by atoms with Gasteiger partial charge >= 0.3 is 0 Å². The van der Waals surface area contributed by atoms with Crippen molar-refractivity contribution in [3.8, 4) is 0 Å². The Morgan fingerprint density at radius 2 is 2.14 bits per heavy atom. The zero-order valence-corrected chi connectivity index (χ0v) is 13.0. The lowest BCUT2D eigenvalue weighted by Crippen LogP contribution is -2.46. The Balaban J connectivity index is 1.65. The van der Waals surface area contributed by atoms with Crippen LogP contribution in [0.15, 0.2) is 4.52 Å². The first-order chi connectivity index (χ1) is 10.3. The van der Waals surface area contributed by atoms with Gasteiger partial charge in [-0.15, -0.1) is 0 Å². The topological polar surface area (TPSA) is 62.4 Å². The van der Waals surface area contributed by atoms with E-state index in [1.54, 1.807) is 0 Å². The Morgan fingerprint density at radius 3 is 2.90 bits per heavy atom. The highest BCUT2D eigenvalue weighted by Crippen LogP contribution is 2.35. The third-order valence-corrected chi connectivity index (χ3v) is 5.01. The molecule has 1 aromatic rings. The Bertz CT molecular complexity index is 448. The van der Waals surface area contributed by atoms with E-state index in [-0.39, 0.29) is 6.10 Å². The molecule has 2 heterocycles. The zero-order chi connectivity index (χ0) is 14.7. The molecule has 3 unspecified atom stereocenters. The molecule has 0 radical (unpaired) electrons. The predicted octanol–water partition coefficient (Wildman–Crippen LogP) is 2.54. The first kappa shape index (κ1) is 15.0. The van der Waals surface area contributed by atoms with Crippen molar-refractivity contribution in [2.45, 2.75) is 77.0 Å². The van der Waals surface area contributed by atoms with Gasteiger partial charge in [-0.2, -0.15) is 4.98 Å². The van der Waals surface area contributed by atoms with E-state index in [0.29, 0.717) is 12.0 Å². The molecule has 0 aromatic carbocycles. The molecule has 3 atom stereocenters. The van der Waals surface area contributed by atoms with E-state index in [2.05, 4.69) is 22.0 Å². The number of aliphatic hydroxyl groups is 1. The summed E-state index contributed by atoms with van der Waals surface area (Å²) >= 11 is 0. The molecule has 2 fully saturated rings. The number of hydrogen-bond acceptors (Lipinski definition) is 5. The minimum Gasteiger partial charge on any atom is -0.393 e. The van der Waals surface area contributed by atoms with Crippen LogP contribution in [-0.4, -0.2) is 38.8 Å². The summed E-state index contributed by atoms with van der Waals surface area (Å²) in [5.41, 5.74) is 0. The highest BCUT2D eigenvalue weighted by atomic mass is 16.5. The van der Waals surface area contributed by atoms with Crippen LogP contribution in [0.2, 0.25) is 0 Å². The van der Waals surface area contributed by atoms with Gasteiger partial charge in [-0.3, -0.25) is 4.90 Å². The van der Waals surface area contributed by atoms with E-state index >= 15 is 0 Å². The van der Waals surface area contributed by atoms with Gasteiger partial charge in [0.2, 0.25) is 5.89 Å². The molecule has 118 valence electrons. The quantitative estimate of drug-likeness (QED) is 0.904. The highest BCUT2D eigenvalue weighted by Gasteiger charge is 2.37. The largest absolute Gasteiger partial charge is 0.393 e. The summed E-state index contributed by atoms with van der Waals surface area (Å²) in [4.78, 5) is 6.97. The number of aromatic nitrogens is 2. The molecule has 21 heavy (non-hydrogen) atoms. The summed E-state index contributed by atoms with van der Waals surface area (Å²) in [5, 5.41) is 14.3. The summed E-state index contributed by atoms with van der Waals surface area (Å²) in [6, 6.07) is 0.490. The highest BCUT2D eigenvalue weighted by molar-refractivity contribution is 4.93. The molecule has 5 nitrogen and oxygen atoms in total. The van der Waals surface area contributed by atoms with Crippen molar-refractivity contribution in [1.29, 1.82) is 0 Å². The van der Waals surface area contributed by atoms with E-state index in [1.165, 1.54) is 25.7 Å². The molecule has 3 rings (SSSR count). The standard InChI is InChI=1S/C16H27N3O2/c1-2-6-16-17-15(18-21-16)11-19-10-4-3-8-13(19)12-7-5-9-14(12)20/h12-14,20H,2-11H2,1H3. The Morgan fingerprint density at radius 1 is 1.24 bits per heavy atom. The molecule has 0 bridgehead atoms. The lowest BCUT2D eigenvalue weighted by molar-refractivity contribution is 0.0297. The Hall–Kier alpha value is -0.940. The first-order valence-electron chi connectivity index (χ1n) is 8.51. The minimum absolute atomic E-state index is 0.114. The summed E-state index contributed by atoms with van der Waals surface area (Å²) in [6.07, 6.45) is 8.78. The number of nitrogens with zero attached hydrogens (tertiary/aromatic N) is 3. The lowest BCUT2D eigenvalue weighted by Gasteiger charge is -2.39. The van der Waals surface area contributed by atoms with Crippen LogP contribution in [0.25, 0.3) is 0 Å². The van der Waals surface area contributed by atoms with Crippen LogP contribution < -0.4 is 0 Å². The van der Waals surface area contributed by atoms with Crippen molar-refractivity contribution < 1.29 is 9.63 Å². The van der Waals surface area contributed by atoms with Crippen molar-refractivity contribution in [2.24, 2.45) is 5.92 Å². The molecule has 1 saturated heterocycles. The molecular weight excluding hydrogens is 266 g/mol. The zero-order valence-electron chi connectivity index (χ0n) is 13.0. The summed E-state index contributed by atoms with van der Waals surface area (Å²) in [6.45, 7) is 3.97. The van der Waals surface area contributed by atoms with Gasteiger partial charge in [-0.25, -0.2) is 0 Å². The van der Waals surface area contributed by atoms with Gasteiger partial charge < -0.3 is 9.63 Å². The second-order valence-corrected chi connectivity index (χ2v) is 6.55. The average molecular weight is 293 g/mol. The maximum atomic E-state index is 10.2. The fourth-order valence-corrected chi connectivity index (χ4v) is 3.97. The number of piperidine rings is 1. The minimum atomic E-state index is -0.114. The predicted molar refractivity (Wildman–Crippen MR) is 79.7 cm³/mol. The van der Waals surface area contributed by atoms with Crippen LogP contribution in [0.3, 0.4) is 0 Å². The molecule has 1 N–H and O–H groups in total. The first-order valence-corrected chi connectivity index (χ1v) is 8.51. The molecule has 1 aliphatic heterocycles. The molecule has 2 aliphatic rings. The fraction of sp³-hybridized carbons (Fsp3) is 0.875. The van der Waals surface area contributed by atoms with Gasteiger partial charge in [0, 0.05) is 18.4 Å². The number of likely N-dealkylation sites (tertiary alicyclic amines) is 1. The van der Waals surface area contributed by atoms with Gasteiger partial charge in [0.25, 0.3) is 0 Å². The lowest BCUT2D eigenvalue weighted by atomic mass is 9.88. The van der Waals surface area contributed by atoms with Crippen molar-refractivity contribution in [3.63, 3.8) is 0 Å². The smallest absolute Gasteiger partial charge is 0.226 e. The normalized spacial score (nSPS) is 30.9. The van der Waals surface area contributed by atoms with Crippen LogP contribution in [-0.2, 0) is 13.0 Å². The van der Waals surface area contributed by atoms with Crippen molar-refractivity contribution >= 4 is 0 Å². The summed E-state index contributed by atoms with van der Waals surface area (Å²) < 4.78 is 5.29. The second-order valence-electron chi connectivity index (χ2n) is 6.55. The molecule has 5 heteroatoms. The van der Waals surface area contributed by atoms with Crippen molar-refractivity contribution in [2.75, 3.05) is 6.54 Å². The average Bonchev–Trinajstić information content (AvgIpc) is 3.09. The summed E-state index contributed by atoms with van der Waals surface area (Å²) in [5.74, 6) is 1.99. The van der Waals surface area contributed by atoms with Gasteiger partial charge in [0.1, 0.15) is 0 Å². The summed E-state index contributed by atoms with van der Waals surface area (Å²) in [7, 11) is 0. The molecule has 1 saturated carbocycles. The van der Waals surface area contributed by atoms with Crippen LogP contribution in [0.5, 0.6) is 0 Å². The van der Waals surface area contributed by atoms with Gasteiger partial charge in [-0.1, -0.05) is 24.9 Å². The molecule has 0 spiro atoms. The number of rotatable bonds is 5. The SMILES string of the molecule is CCCc1nc(CN2CCCCC2C2CCCC2O)no1. The molecular formula is C16H27N3O2. The number of aryl methyl sites for hydroxylation is 1. The van der Waals surface area contributed by atoms with E-state index in [1.807, 2.05) is 0 Å². The van der Waals surface area contributed by atoms with Crippen LogP contribution >= 0.6 is 0 Å². The third-order valence-electron chi connectivity index (χ3n) is 5.01. The van der Waals surface area contributed by atoms with Crippen LogP contribution in [0.1, 0.15) is 63.6 Å². The van der Waals surface area contributed by atoms with Gasteiger partial charge in [0.15, 0.2) is 5.82 Å². The molecule has 1 aliphatic carbocycles. The Kier molecular flexibility index (Phi) is 4.91. The van der Waals surface area contributed by atoms with Crippen molar-refractivity contribution in [1.82, 2.24) is 15.0 Å². The van der Waals surface area contributed by atoms with E-state index in [9.17, 15) is 5.11 Å². The number of hydrogen-bond donors (Lipinski definition) is 1. The third kappa shape index (κ3) is 3.46. The van der Waals surface area contributed by atoms with E-state index in [4.69, 9.17) is 4.52 Å². The molecule has 1 aromatic heterocycles. The maximum absolute atomic E-state index is 10.2. The second kappa shape index (κ2) is 6.88. The van der Waals surface area contributed by atoms with E-state index in [0.717, 1.165) is 50.5 Å². The fourth-order valence-electron chi connectivity index (χ4n) is 3.97. The monoisotopic (exact) mass is 293 g/mol. The van der Waals surface area contributed by atoms with E-state index < -0.39 is 0 Å². The Labute approximate surface area is 126 Å².